The van der Waals surface area contributed by atoms with Crippen LogP contribution in [0.3, 0.4) is 0 Å². The number of hydrogen-bond acceptors (Lipinski definition) is 16. The topological polar surface area (TPSA) is 227 Å². The number of aliphatic carboxylic acids is 1. The van der Waals surface area contributed by atoms with Crippen molar-refractivity contribution < 1.29 is 62.3 Å². The highest BCUT2D eigenvalue weighted by atomic mass is 16.6. The van der Waals surface area contributed by atoms with Crippen molar-refractivity contribution in [2.45, 2.75) is 210 Å². The lowest BCUT2D eigenvalue weighted by Gasteiger charge is -2.46. The Morgan fingerprint density at radius 2 is 1.04 bits per heavy atom. The maximum absolute atomic E-state index is 12.8. The van der Waals surface area contributed by atoms with E-state index in [0.717, 1.165) is 110 Å². The summed E-state index contributed by atoms with van der Waals surface area (Å²) in [6.45, 7) is 23.1. The van der Waals surface area contributed by atoms with Gasteiger partial charge in [0, 0.05) is 104 Å². The Kier molecular flexibility index (Phi) is 25.0. The molecule has 6 heterocycles. The van der Waals surface area contributed by atoms with Crippen LogP contribution >= 0.6 is 0 Å². The zero-order chi connectivity index (χ0) is 55.5. The normalized spacial score (nSPS) is 25.1. The molecule has 0 spiro atoms. The summed E-state index contributed by atoms with van der Waals surface area (Å²) in [4.78, 5) is 79.1. The molecule has 0 aromatic carbocycles. The fourth-order valence-electron chi connectivity index (χ4n) is 11.0. The fourth-order valence-corrected chi connectivity index (χ4v) is 11.0. The van der Waals surface area contributed by atoms with E-state index in [2.05, 4.69) is 32.7 Å². The third-order valence-corrected chi connectivity index (χ3v) is 16.2. The van der Waals surface area contributed by atoms with E-state index in [1.54, 1.807) is 24.0 Å². The molecule has 7 aliphatic rings. The molecular formula is C55H99N7O13. The minimum absolute atomic E-state index is 0.00665. The van der Waals surface area contributed by atoms with Crippen LogP contribution in [0.1, 0.15) is 164 Å². The number of methoxy groups -OCH3 is 4. The summed E-state index contributed by atoms with van der Waals surface area (Å²) in [5, 5.41) is 19.3. The predicted octanol–water partition coefficient (Wildman–Crippen LogP) is 5.91. The Morgan fingerprint density at radius 3 is 1.53 bits per heavy atom. The van der Waals surface area contributed by atoms with Gasteiger partial charge in [-0.15, -0.1) is 0 Å². The Morgan fingerprint density at radius 1 is 0.547 bits per heavy atom. The van der Waals surface area contributed by atoms with Gasteiger partial charge >= 0.3 is 24.1 Å². The van der Waals surface area contributed by atoms with Crippen molar-refractivity contribution in [1.29, 1.82) is 0 Å². The van der Waals surface area contributed by atoms with Gasteiger partial charge in [0.05, 0.1) is 7.11 Å². The van der Waals surface area contributed by atoms with Crippen LogP contribution in [0.2, 0.25) is 0 Å². The number of piperidine rings is 3. The van der Waals surface area contributed by atoms with Crippen molar-refractivity contribution in [2.75, 3.05) is 107 Å². The number of Topliss-reactive ketones (excluding diaryl/α,β-unsaturated/α-hetero) is 1. The largest absolute Gasteiger partial charge is 0.479 e. The number of carboxylic acids is 1. The van der Waals surface area contributed by atoms with Crippen molar-refractivity contribution >= 4 is 35.8 Å². The number of carboxylic acid groups (broad SMARTS) is 1. The van der Waals surface area contributed by atoms with Crippen molar-refractivity contribution in [3.8, 4) is 0 Å². The first-order valence-corrected chi connectivity index (χ1v) is 28.0. The molecule has 20 nitrogen and oxygen atoms in total. The standard InChI is InChI=1S/C18H33N3O2.C18H32N2O5.C11H19NO3.C8H15NO3/c1-17(7-4-8-17)20-16(22)18(23-2)9-13-21(14-10-18)15-5-3-11-19-12-6-15;1-17(2,3)25-16(23)20-10-5-6-14(7-11-20)19-12-8-18(24-4,9-13-19)15(21)22;1-11(2,3)15-10(14)12-7-4-5-9(13)6-8-12;1-11-7(10)8(12-2)3-5-9-6-4-8/h15,19H,3-14H2,1-2H3,(H,20,22);14H,5-13H2,1-4H3,(H,21,22);4-8H2,1-3H3;9H,3-6H2,1-2H3. The molecule has 0 aromatic rings. The van der Waals surface area contributed by atoms with Gasteiger partial charge in [-0.25, -0.2) is 19.2 Å². The average molecular weight is 1070 g/mol. The molecule has 0 aromatic heterocycles. The second-order valence-corrected chi connectivity index (χ2v) is 23.8. The monoisotopic (exact) mass is 1070 g/mol. The number of ketones is 1. The maximum Gasteiger partial charge on any atom is 0.410 e. The molecular weight excluding hydrogens is 967 g/mol. The van der Waals surface area contributed by atoms with E-state index in [1.165, 1.54) is 39.9 Å². The van der Waals surface area contributed by atoms with E-state index in [1.807, 2.05) is 41.5 Å². The van der Waals surface area contributed by atoms with E-state index >= 15 is 0 Å². The molecule has 4 N–H and O–H groups in total. The number of likely N-dealkylation sites (tertiary alicyclic amines) is 4. The number of hydrogen-bond donors (Lipinski definition) is 4. The van der Waals surface area contributed by atoms with E-state index in [9.17, 15) is 33.9 Å². The zero-order valence-corrected chi connectivity index (χ0v) is 48.0. The van der Waals surface area contributed by atoms with Crippen LogP contribution in [-0.4, -0.2) is 213 Å². The Balaban J connectivity index is 0.000000225. The Hall–Kier alpha value is -3.66. The molecule has 1 aliphatic carbocycles. The molecule has 3 amide bonds. The number of nitrogens with one attached hydrogen (secondary N) is 3. The minimum Gasteiger partial charge on any atom is -0.479 e. The molecule has 2 atom stereocenters. The van der Waals surface area contributed by atoms with Crippen LogP contribution in [0.4, 0.5) is 9.59 Å². The lowest BCUT2D eigenvalue weighted by Crippen LogP contribution is -2.62. The molecule has 1 saturated carbocycles. The minimum atomic E-state index is -1.04. The van der Waals surface area contributed by atoms with Gasteiger partial charge in [-0.1, -0.05) is 0 Å². The number of ether oxygens (including phenoxy) is 6. The summed E-state index contributed by atoms with van der Waals surface area (Å²) in [6.07, 6.45) is 15.3. The van der Waals surface area contributed by atoms with Crippen molar-refractivity contribution in [3.05, 3.63) is 0 Å². The molecule has 6 aliphatic heterocycles. The molecule has 0 bridgehead atoms. The number of rotatable bonds is 9. The molecule has 7 rings (SSSR count). The van der Waals surface area contributed by atoms with Crippen molar-refractivity contribution in [3.63, 3.8) is 0 Å². The predicted molar refractivity (Wildman–Crippen MR) is 286 cm³/mol. The van der Waals surface area contributed by atoms with E-state index in [0.29, 0.717) is 70.2 Å². The Bertz CT molecular complexity index is 1810. The van der Waals surface area contributed by atoms with Crippen molar-refractivity contribution in [2.24, 2.45) is 0 Å². The van der Waals surface area contributed by atoms with Gasteiger partial charge in [0.2, 0.25) is 0 Å². The van der Waals surface area contributed by atoms with Gasteiger partial charge in [0.15, 0.2) is 11.2 Å². The van der Waals surface area contributed by atoms with Crippen molar-refractivity contribution in [1.82, 2.24) is 35.6 Å². The van der Waals surface area contributed by atoms with Gasteiger partial charge < -0.3 is 69.1 Å². The lowest BCUT2D eigenvalue weighted by molar-refractivity contribution is -0.169. The molecule has 7 fully saturated rings. The molecule has 20 heteroatoms. The van der Waals surface area contributed by atoms with Crippen LogP contribution in [-0.2, 0) is 47.6 Å². The Labute approximate surface area is 449 Å². The summed E-state index contributed by atoms with van der Waals surface area (Å²) < 4.78 is 31.7. The van der Waals surface area contributed by atoms with E-state index in [-0.39, 0.29) is 35.4 Å². The SMILES string of the molecule is CC(C)(C)OC(=O)N1CCCC(=O)CC1.COC(=O)C1(OC)CCNCC1.COC1(C(=O)NC2(C)CCC2)CCN(C2CCCNCC2)CC1.COC1(C(=O)O)CCN(C2CCCN(C(=O)OC(C)(C)C)CC2)CC1. The number of carbonyl (C=O) groups excluding carboxylic acids is 5. The summed E-state index contributed by atoms with van der Waals surface area (Å²) in [6, 6.07) is 1.06. The summed E-state index contributed by atoms with van der Waals surface area (Å²) in [5.41, 5.74) is -3.28. The van der Waals surface area contributed by atoms with Gasteiger partial charge in [-0.05, 0) is 177 Å². The summed E-state index contributed by atoms with van der Waals surface area (Å²) >= 11 is 0. The molecule has 432 valence electrons. The first kappa shape index (κ1) is 63.9. The van der Waals surface area contributed by atoms with Gasteiger partial charge in [0.25, 0.3) is 5.91 Å². The van der Waals surface area contributed by atoms with E-state index in [4.69, 9.17) is 28.4 Å². The third kappa shape index (κ3) is 19.6. The quantitative estimate of drug-likeness (QED) is 0.155. The highest BCUT2D eigenvalue weighted by molar-refractivity contribution is 5.86. The molecule has 75 heavy (non-hydrogen) atoms. The van der Waals surface area contributed by atoms with Gasteiger partial charge in [-0.2, -0.15) is 0 Å². The van der Waals surface area contributed by atoms with Crippen LogP contribution in [0, 0.1) is 0 Å². The maximum atomic E-state index is 12.8. The summed E-state index contributed by atoms with van der Waals surface area (Å²) in [5.74, 6) is -0.774. The first-order chi connectivity index (χ1) is 35.4. The van der Waals surface area contributed by atoms with Crippen LogP contribution in [0.25, 0.3) is 0 Å². The fraction of sp³-hybridized carbons (Fsp3) is 0.891. The molecule has 2 unspecified atom stereocenters. The van der Waals surface area contributed by atoms with Crippen LogP contribution in [0.15, 0.2) is 0 Å². The summed E-state index contributed by atoms with van der Waals surface area (Å²) in [7, 11) is 6.13. The lowest BCUT2D eigenvalue weighted by atomic mass is 9.77. The third-order valence-electron chi connectivity index (χ3n) is 16.2. The molecule has 0 radical (unpaired) electrons. The van der Waals surface area contributed by atoms with Gasteiger partial charge in [-0.3, -0.25) is 9.59 Å². The average Bonchev–Trinajstić information content (AvgIpc) is 3.90. The second kappa shape index (κ2) is 29.4. The van der Waals surface area contributed by atoms with E-state index < -0.39 is 34.0 Å². The second-order valence-electron chi connectivity index (χ2n) is 23.8. The smallest absolute Gasteiger partial charge is 0.410 e. The number of carbonyl (C=O) groups is 6. The van der Waals surface area contributed by atoms with Crippen LogP contribution in [0.5, 0.6) is 0 Å². The highest BCUT2D eigenvalue weighted by Crippen LogP contribution is 2.35. The highest BCUT2D eigenvalue weighted by Gasteiger charge is 2.47. The number of amides is 3. The molecule has 6 saturated heterocycles. The number of esters is 1. The zero-order valence-electron chi connectivity index (χ0n) is 48.0. The number of nitrogens with zero attached hydrogens (tertiary/aromatic N) is 4. The van der Waals surface area contributed by atoms with Crippen LogP contribution < -0.4 is 16.0 Å². The first-order valence-electron chi connectivity index (χ1n) is 28.0. The van der Waals surface area contributed by atoms with Gasteiger partial charge in [0.1, 0.15) is 22.6 Å².